The zero-order valence-electron chi connectivity index (χ0n) is 17.3. The topological polar surface area (TPSA) is 108 Å². The van der Waals surface area contributed by atoms with Gasteiger partial charge in [0.1, 0.15) is 5.82 Å². The number of benzene rings is 1. The number of hydrogen-bond donors (Lipinski definition) is 3. The van der Waals surface area contributed by atoms with Gasteiger partial charge < -0.3 is 10.6 Å². The predicted molar refractivity (Wildman–Crippen MR) is 117 cm³/mol. The van der Waals surface area contributed by atoms with Gasteiger partial charge in [-0.15, -0.1) is 0 Å². The first-order chi connectivity index (χ1) is 14.4. The lowest BCUT2D eigenvalue weighted by molar-refractivity contribution is -0.117. The maximum absolute atomic E-state index is 11.9. The molecule has 0 atom stereocenters. The van der Waals surface area contributed by atoms with Gasteiger partial charge in [0.25, 0.3) is 0 Å². The molecule has 0 bridgehead atoms. The average Bonchev–Trinajstić information content (AvgIpc) is 3.46. The SMILES string of the molecule is Cc1cc(Nc2nc(CC(C)C)nc(Sc3ccc(NC(=O)C4CC4)cc3)n2)n[nH]1. The highest BCUT2D eigenvalue weighted by Crippen LogP contribution is 2.31. The van der Waals surface area contributed by atoms with Gasteiger partial charge in [-0.3, -0.25) is 9.89 Å². The molecule has 0 radical (unpaired) electrons. The van der Waals surface area contributed by atoms with Crippen LogP contribution in [-0.4, -0.2) is 31.1 Å². The number of nitrogens with one attached hydrogen (secondary N) is 3. The summed E-state index contributed by atoms with van der Waals surface area (Å²) in [6.07, 6.45) is 2.74. The van der Waals surface area contributed by atoms with Crippen molar-refractivity contribution in [3.05, 3.63) is 41.9 Å². The van der Waals surface area contributed by atoms with Crippen LogP contribution in [0.1, 0.15) is 38.2 Å². The number of hydrogen-bond acceptors (Lipinski definition) is 7. The Kier molecular flexibility index (Phi) is 5.98. The second-order valence-electron chi connectivity index (χ2n) is 7.91. The van der Waals surface area contributed by atoms with E-state index in [1.165, 1.54) is 11.8 Å². The molecule has 4 rings (SSSR count). The molecule has 0 unspecified atom stereocenters. The molecule has 2 heterocycles. The molecule has 156 valence electrons. The van der Waals surface area contributed by atoms with Crippen molar-refractivity contribution in [2.45, 2.75) is 50.1 Å². The number of aromatic amines is 1. The van der Waals surface area contributed by atoms with Crippen molar-refractivity contribution in [3.8, 4) is 0 Å². The number of carbonyl (C=O) groups is 1. The summed E-state index contributed by atoms with van der Waals surface area (Å²) in [6.45, 7) is 6.21. The van der Waals surface area contributed by atoms with E-state index in [-0.39, 0.29) is 11.8 Å². The number of aromatic nitrogens is 5. The fourth-order valence-electron chi connectivity index (χ4n) is 2.85. The third kappa shape index (κ3) is 5.56. The molecule has 0 spiro atoms. The van der Waals surface area contributed by atoms with Crippen molar-refractivity contribution >= 4 is 35.1 Å². The van der Waals surface area contributed by atoms with Crippen LogP contribution >= 0.6 is 11.8 Å². The molecule has 0 saturated heterocycles. The van der Waals surface area contributed by atoms with E-state index in [4.69, 9.17) is 0 Å². The first-order valence-corrected chi connectivity index (χ1v) is 10.9. The minimum absolute atomic E-state index is 0.107. The Morgan fingerprint density at radius 2 is 1.97 bits per heavy atom. The fraction of sp³-hybridized carbons (Fsp3) is 0.381. The highest BCUT2D eigenvalue weighted by Gasteiger charge is 2.29. The van der Waals surface area contributed by atoms with E-state index in [9.17, 15) is 4.79 Å². The molecule has 1 saturated carbocycles. The van der Waals surface area contributed by atoms with Crippen LogP contribution < -0.4 is 10.6 Å². The average molecular weight is 424 g/mol. The van der Waals surface area contributed by atoms with Crippen LogP contribution in [-0.2, 0) is 11.2 Å². The standard InChI is InChI=1S/C21H25N7OS/c1-12(2)10-17-23-20(24-18-11-13(3)27-28-18)26-21(25-17)30-16-8-6-15(7-9-16)22-19(29)14-4-5-14/h6-9,11-12,14H,4-5,10H2,1-3H3,(H,22,29)(H2,23,24,25,26,27,28). The normalized spacial score (nSPS) is 13.5. The molecule has 3 aromatic rings. The Morgan fingerprint density at radius 1 is 1.20 bits per heavy atom. The van der Waals surface area contributed by atoms with Crippen molar-refractivity contribution < 1.29 is 4.79 Å². The largest absolute Gasteiger partial charge is 0.326 e. The van der Waals surface area contributed by atoms with Crippen molar-refractivity contribution in [3.63, 3.8) is 0 Å². The van der Waals surface area contributed by atoms with Gasteiger partial charge in [-0.05, 0) is 61.7 Å². The van der Waals surface area contributed by atoms with E-state index < -0.39 is 0 Å². The molecular weight excluding hydrogens is 398 g/mol. The summed E-state index contributed by atoms with van der Waals surface area (Å²) in [5.74, 6) is 2.61. The summed E-state index contributed by atoms with van der Waals surface area (Å²) < 4.78 is 0. The summed E-state index contributed by atoms with van der Waals surface area (Å²) >= 11 is 1.46. The molecule has 1 aliphatic rings. The molecule has 1 aromatic carbocycles. The summed E-state index contributed by atoms with van der Waals surface area (Å²) in [6, 6.07) is 9.63. The third-order valence-corrected chi connectivity index (χ3v) is 5.35. The van der Waals surface area contributed by atoms with Crippen molar-refractivity contribution in [2.24, 2.45) is 11.8 Å². The van der Waals surface area contributed by atoms with Gasteiger partial charge >= 0.3 is 0 Å². The van der Waals surface area contributed by atoms with Crippen LogP contribution in [0.25, 0.3) is 0 Å². The van der Waals surface area contributed by atoms with E-state index in [1.807, 2.05) is 37.3 Å². The maximum Gasteiger partial charge on any atom is 0.232 e. The minimum atomic E-state index is 0.107. The Hall–Kier alpha value is -2.94. The van der Waals surface area contributed by atoms with Crippen molar-refractivity contribution in [1.82, 2.24) is 25.1 Å². The molecular formula is C21H25N7OS. The van der Waals surface area contributed by atoms with E-state index in [0.717, 1.165) is 41.4 Å². The number of nitrogens with zero attached hydrogens (tertiary/aromatic N) is 4. The molecule has 3 N–H and O–H groups in total. The lowest BCUT2D eigenvalue weighted by Gasteiger charge is -2.09. The number of aryl methyl sites for hydroxylation is 1. The quantitative estimate of drug-likeness (QED) is 0.494. The first kappa shape index (κ1) is 20.3. The number of H-pyrrole nitrogens is 1. The molecule has 0 aliphatic heterocycles. The molecule has 8 nitrogen and oxygen atoms in total. The lowest BCUT2D eigenvalue weighted by atomic mass is 10.1. The second kappa shape index (κ2) is 8.83. The number of anilines is 3. The van der Waals surface area contributed by atoms with Crippen LogP contribution in [0.3, 0.4) is 0 Å². The molecule has 2 aromatic heterocycles. The Labute approximate surface area is 179 Å². The maximum atomic E-state index is 11.9. The van der Waals surface area contributed by atoms with E-state index in [0.29, 0.717) is 22.8 Å². The van der Waals surface area contributed by atoms with Crippen LogP contribution in [0.2, 0.25) is 0 Å². The van der Waals surface area contributed by atoms with E-state index >= 15 is 0 Å². The highest BCUT2D eigenvalue weighted by atomic mass is 32.2. The molecule has 1 amide bonds. The smallest absolute Gasteiger partial charge is 0.232 e. The predicted octanol–water partition coefficient (Wildman–Crippen LogP) is 4.34. The van der Waals surface area contributed by atoms with Gasteiger partial charge in [-0.25, -0.2) is 4.98 Å². The number of amides is 1. The van der Waals surface area contributed by atoms with E-state index in [1.54, 1.807) is 0 Å². The Balaban J connectivity index is 1.50. The molecule has 1 fully saturated rings. The van der Waals surface area contributed by atoms with Crippen molar-refractivity contribution in [1.29, 1.82) is 0 Å². The second-order valence-corrected chi connectivity index (χ2v) is 8.95. The minimum Gasteiger partial charge on any atom is -0.326 e. The van der Waals surface area contributed by atoms with Gasteiger partial charge in [0.15, 0.2) is 11.0 Å². The fourth-order valence-corrected chi connectivity index (χ4v) is 3.62. The van der Waals surface area contributed by atoms with Crippen LogP contribution in [0.15, 0.2) is 40.4 Å². The van der Waals surface area contributed by atoms with Gasteiger partial charge in [-0.1, -0.05) is 13.8 Å². The van der Waals surface area contributed by atoms with E-state index in [2.05, 4.69) is 49.6 Å². The van der Waals surface area contributed by atoms with Gasteiger partial charge in [0, 0.05) is 34.7 Å². The molecule has 30 heavy (non-hydrogen) atoms. The Bertz CT molecular complexity index is 1030. The summed E-state index contributed by atoms with van der Waals surface area (Å²) in [5, 5.41) is 13.8. The monoisotopic (exact) mass is 423 g/mol. The highest BCUT2D eigenvalue weighted by molar-refractivity contribution is 7.99. The van der Waals surface area contributed by atoms with Crippen molar-refractivity contribution in [2.75, 3.05) is 10.6 Å². The summed E-state index contributed by atoms with van der Waals surface area (Å²) in [7, 11) is 0. The summed E-state index contributed by atoms with van der Waals surface area (Å²) in [5.41, 5.74) is 1.76. The zero-order valence-corrected chi connectivity index (χ0v) is 18.1. The first-order valence-electron chi connectivity index (χ1n) is 10.1. The molecule has 9 heteroatoms. The Morgan fingerprint density at radius 3 is 2.60 bits per heavy atom. The third-order valence-electron chi connectivity index (χ3n) is 4.48. The van der Waals surface area contributed by atoms with Crippen LogP contribution in [0.4, 0.5) is 17.5 Å². The zero-order chi connectivity index (χ0) is 21.1. The molecule has 1 aliphatic carbocycles. The van der Waals surface area contributed by atoms with Gasteiger partial charge in [-0.2, -0.15) is 15.1 Å². The summed E-state index contributed by atoms with van der Waals surface area (Å²) in [4.78, 5) is 26.6. The van der Waals surface area contributed by atoms with Crippen LogP contribution in [0.5, 0.6) is 0 Å². The number of carbonyl (C=O) groups excluding carboxylic acids is 1. The van der Waals surface area contributed by atoms with Gasteiger partial charge in [0.05, 0.1) is 0 Å². The van der Waals surface area contributed by atoms with Gasteiger partial charge in [0.2, 0.25) is 11.9 Å². The number of rotatable bonds is 8. The van der Waals surface area contributed by atoms with Crippen LogP contribution in [0, 0.1) is 18.8 Å². The lowest BCUT2D eigenvalue weighted by Crippen LogP contribution is -2.12.